The maximum absolute atomic E-state index is 6.45. The van der Waals surface area contributed by atoms with Gasteiger partial charge in [0.15, 0.2) is 0 Å². The lowest BCUT2D eigenvalue weighted by Gasteiger charge is -2.42. The van der Waals surface area contributed by atoms with Crippen LogP contribution in [0.15, 0.2) is 24.3 Å². The minimum atomic E-state index is 0.191. The van der Waals surface area contributed by atoms with Gasteiger partial charge in [-0.25, -0.2) is 0 Å². The van der Waals surface area contributed by atoms with E-state index in [0.29, 0.717) is 12.1 Å². The molecule has 1 aromatic carbocycles. The number of rotatable bonds is 1. The molecule has 2 N–H and O–H groups in total. The molecule has 2 aliphatic rings. The lowest BCUT2D eigenvalue weighted by atomic mass is 10.1. The van der Waals surface area contributed by atoms with Gasteiger partial charge in [-0.1, -0.05) is 24.3 Å². The van der Waals surface area contributed by atoms with Crippen LogP contribution < -0.4 is 5.73 Å². The number of fused-ring (bicyclic) bond motifs is 1. The molecule has 0 aromatic heterocycles. The van der Waals surface area contributed by atoms with Gasteiger partial charge >= 0.3 is 0 Å². The van der Waals surface area contributed by atoms with Gasteiger partial charge in [0.25, 0.3) is 0 Å². The van der Waals surface area contributed by atoms with Crippen molar-refractivity contribution in [2.45, 2.75) is 31.5 Å². The van der Waals surface area contributed by atoms with Crippen molar-refractivity contribution >= 4 is 0 Å². The Balaban J connectivity index is 1.76. The number of nitrogens with two attached hydrogens (primary N) is 1. The third-order valence-electron chi connectivity index (χ3n) is 4.72. The number of nitrogens with zero attached hydrogens (tertiary/aromatic N) is 2. The van der Waals surface area contributed by atoms with Crippen molar-refractivity contribution in [2.75, 3.05) is 26.7 Å². The molecular weight excluding hydrogens is 222 g/mol. The molecule has 3 nitrogen and oxygen atoms in total. The lowest BCUT2D eigenvalue weighted by Crippen LogP contribution is -2.55. The predicted octanol–water partition coefficient (Wildman–Crippen LogP) is 1.25. The Labute approximate surface area is 110 Å². The van der Waals surface area contributed by atoms with Gasteiger partial charge in [-0.05, 0) is 31.5 Å². The molecule has 18 heavy (non-hydrogen) atoms. The van der Waals surface area contributed by atoms with Crippen LogP contribution in [0.1, 0.15) is 24.1 Å². The summed E-state index contributed by atoms with van der Waals surface area (Å²) in [5.74, 6) is 0. The Morgan fingerprint density at radius 1 is 1.22 bits per heavy atom. The number of likely N-dealkylation sites (N-methyl/N-ethyl adjacent to an activating group) is 1. The topological polar surface area (TPSA) is 32.5 Å². The summed E-state index contributed by atoms with van der Waals surface area (Å²) in [6.45, 7) is 5.75. The standard InChI is InChI=1S/C15H23N3/c1-11-10-18(8-7-17(11)2)14-9-12-5-3-4-6-13(12)15(14)16/h3-6,11,14-15H,7-10,16H2,1-2H3. The van der Waals surface area contributed by atoms with Crippen molar-refractivity contribution in [3.63, 3.8) is 0 Å². The highest BCUT2D eigenvalue weighted by molar-refractivity contribution is 5.36. The minimum absolute atomic E-state index is 0.191. The van der Waals surface area contributed by atoms with Crippen molar-refractivity contribution in [3.8, 4) is 0 Å². The Hall–Kier alpha value is -0.900. The molecule has 0 radical (unpaired) electrons. The first kappa shape index (κ1) is 12.2. The minimum Gasteiger partial charge on any atom is -0.323 e. The van der Waals surface area contributed by atoms with Gasteiger partial charge in [0.05, 0.1) is 0 Å². The second kappa shape index (κ2) is 4.65. The fourth-order valence-electron chi connectivity index (χ4n) is 3.34. The molecule has 1 saturated heterocycles. The van der Waals surface area contributed by atoms with E-state index in [2.05, 4.69) is 48.0 Å². The molecule has 0 spiro atoms. The third-order valence-corrected chi connectivity index (χ3v) is 4.72. The van der Waals surface area contributed by atoms with Crippen LogP contribution >= 0.6 is 0 Å². The Bertz CT molecular complexity index is 432. The molecular formula is C15H23N3. The van der Waals surface area contributed by atoms with Gasteiger partial charge in [0.1, 0.15) is 0 Å². The zero-order valence-corrected chi connectivity index (χ0v) is 11.3. The zero-order valence-electron chi connectivity index (χ0n) is 11.3. The first-order chi connectivity index (χ1) is 8.66. The Morgan fingerprint density at radius 2 is 2.00 bits per heavy atom. The second-order valence-corrected chi connectivity index (χ2v) is 5.82. The number of piperazine rings is 1. The largest absolute Gasteiger partial charge is 0.323 e. The third kappa shape index (κ3) is 1.96. The summed E-state index contributed by atoms with van der Waals surface area (Å²) < 4.78 is 0. The molecule has 1 aromatic rings. The molecule has 3 heteroatoms. The molecule has 1 aliphatic heterocycles. The van der Waals surface area contributed by atoms with Crippen LogP contribution in [0, 0.1) is 0 Å². The molecule has 98 valence electrons. The van der Waals surface area contributed by atoms with Gasteiger partial charge in [0, 0.05) is 37.8 Å². The van der Waals surface area contributed by atoms with Gasteiger partial charge in [-0.15, -0.1) is 0 Å². The predicted molar refractivity (Wildman–Crippen MR) is 74.5 cm³/mol. The van der Waals surface area contributed by atoms with Crippen molar-refractivity contribution in [3.05, 3.63) is 35.4 Å². The molecule has 1 aliphatic carbocycles. The van der Waals surface area contributed by atoms with Crippen LogP contribution in [0.5, 0.6) is 0 Å². The van der Waals surface area contributed by atoms with Crippen LogP contribution in [-0.4, -0.2) is 48.6 Å². The number of hydrogen-bond acceptors (Lipinski definition) is 3. The summed E-state index contributed by atoms with van der Waals surface area (Å²) >= 11 is 0. The summed E-state index contributed by atoms with van der Waals surface area (Å²) in [5, 5.41) is 0. The molecule has 0 saturated carbocycles. The maximum Gasteiger partial charge on any atom is 0.0459 e. The van der Waals surface area contributed by atoms with E-state index in [-0.39, 0.29) is 6.04 Å². The fourth-order valence-corrected chi connectivity index (χ4v) is 3.34. The van der Waals surface area contributed by atoms with Crippen LogP contribution in [0.4, 0.5) is 0 Å². The second-order valence-electron chi connectivity index (χ2n) is 5.82. The molecule has 0 bridgehead atoms. The van der Waals surface area contributed by atoms with Gasteiger partial charge < -0.3 is 10.6 Å². The van der Waals surface area contributed by atoms with Crippen molar-refractivity contribution in [1.82, 2.24) is 9.80 Å². The molecule has 3 unspecified atom stereocenters. The van der Waals surface area contributed by atoms with Crippen LogP contribution in [0.2, 0.25) is 0 Å². The zero-order chi connectivity index (χ0) is 12.7. The first-order valence-electron chi connectivity index (χ1n) is 6.94. The van der Waals surface area contributed by atoms with E-state index in [1.807, 2.05) is 0 Å². The summed E-state index contributed by atoms with van der Waals surface area (Å²) in [4.78, 5) is 5.03. The summed E-state index contributed by atoms with van der Waals surface area (Å²) in [6, 6.07) is 9.98. The highest BCUT2D eigenvalue weighted by Gasteiger charge is 2.35. The lowest BCUT2D eigenvalue weighted by molar-refractivity contribution is 0.0664. The highest BCUT2D eigenvalue weighted by atomic mass is 15.3. The van der Waals surface area contributed by atoms with E-state index in [0.717, 1.165) is 26.1 Å². The van der Waals surface area contributed by atoms with E-state index in [9.17, 15) is 0 Å². The normalized spacial score (nSPS) is 33.6. The first-order valence-corrected chi connectivity index (χ1v) is 6.94. The van der Waals surface area contributed by atoms with E-state index in [1.165, 1.54) is 11.1 Å². The van der Waals surface area contributed by atoms with Crippen molar-refractivity contribution in [2.24, 2.45) is 5.73 Å². The van der Waals surface area contributed by atoms with Crippen LogP contribution in [0.3, 0.4) is 0 Å². The molecule has 0 amide bonds. The average Bonchev–Trinajstić information content (AvgIpc) is 2.71. The van der Waals surface area contributed by atoms with E-state index in [4.69, 9.17) is 5.73 Å². The number of hydrogen-bond donors (Lipinski definition) is 1. The van der Waals surface area contributed by atoms with E-state index < -0.39 is 0 Å². The average molecular weight is 245 g/mol. The SMILES string of the molecule is CC1CN(C2Cc3ccccc3C2N)CCN1C. The van der Waals surface area contributed by atoms with Crippen LogP contribution in [-0.2, 0) is 6.42 Å². The molecule has 1 fully saturated rings. The van der Waals surface area contributed by atoms with Crippen LogP contribution in [0.25, 0.3) is 0 Å². The Kier molecular flexibility index (Phi) is 3.14. The van der Waals surface area contributed by atoms with E-state index >= 15 is 0 Å². The van der Waals surface area contributed by atoms with Gasteiger partial charge in [0.2, 0.25) is 0 Å². The fraction of sp³-hybridized carbons (Fsp3) is 0.600. The molecule has 1 heterocycles. The highest BCUT2D eigenvalue weighted by Crippen LogP contribution is 2.33. The summed E-state index contributed by atoms with van der Waals surface area (Å²) in [6.07, 6.45) is 1.12. The Morgan fingerprint density at radius 3 is 2.72 bits per heavy atom. The van der Waals surface area contributed by atoms with E-state index in [1.54, 1.807) is 0 Å². The van der Waals surface area contributed by atoms with Gasteiger partial charge in [-0.2, -0.15) is 0 Å². The van der Waals surface area contributed by atoms with Crippen molar-refractivity contribution in [1.29, 1.82) is 0 Å². The maximum atomic E-state index is 6.45. The monoisotopic (exact) mass is 245 g/mol. The quantitative estimate of drug-likeness (QED) is 0.808. The van der Waals surface area contributed by atoms with Gasteiger partial charge in [-0.3, -0.25) is 4.90 Å². The summed E-state index contributed by atoms with van der Waals surface area (Å²) in [5.41, 5.74) is 9.25. The smallest absolute Gasteiger partial charge is 0.0459 e. The van der Waals surface area contributed by atoms with Crippen molar-refractivity contribution < 1.29 is 0 Å². The summed E-state index contributed by atoms with van der Waals surface area (Å²) in [7, 11) is 2.21. The molecule has 3 atom stereocenters. The number of benzene rings is 1. The molecule has 3 rings (SSSR count).